The zero-order valence-corrected chi connectivity index (χ0v) is 10.6. The van der Waals surface area contributed by atoms with E-state index in [1.807, 2.05) is 6.07 Å². The summed E-state index contributed by atoms with van der Waals surface area (Å²) in [4.78, 5) is 11.0. The summed E-state index contributed by atoms with van der Waals surface area (Å²) in [6, 6.07) is 7.91. The van der Waals surface area contributed by atoms with E-state index >= 15 is 0 Å². The number of carbonyl (C=O) groups is 1. The minimum Gasteiger partial charge on any atom is -0.358 e. The molecule has 1 aromatic carbocycles. The minimum atomic E-state index is -3.69. The number of nitrogens with one attached hydrogen (secondary N) is 2. The van der Waals surface area contributed by atoms with Gasteiger partial charge in [-0.1, -0.05) is 12.1 Å². The van der Waals surface area contributed by atoms with Crippen molar-refractivity contribution in [2.24, 2.45) is 0 Å². The van der Waals surface area contributed by atoms with Gasteiger partial charge in [0.1, 0.15) is 0 Å². The summed E-state index contributed by atoms with van der Waals surface area (Å²) in [7, 11) is -2.27. The third-order valence-corrected chi connectivity index (χ3v) is 3.64. The number of carbonyl (C=O) groups excluding carboxylic acids is 1. The van der Waals surface area contributed by atoms with Crippen LogP contribution in [0.3, 0.4) is 0 Å². The van der Waals surface area contributed by atoms with Gasteiger partial charge in [-0.3, -0.25) is 4.79 Å². The van der Waals surface area contributed by atoms with Gasteiger partial charge < -0.3 is 5.32 Å². The van der Waals surface area contributed by atoms with Crippen LogP contribution in [0.15, 0.2) is 29.2 Å². The number of nitrogens with zero attached hydrogens (tertiary/aromatic N) is 1. The van der Waals surface area contributed by atoms with Gasteiger partial charge in [-0.15, -0.1) is 0 Å². The van der Waals surface area contributed by atoms with E-state index in [0.717, 1.165) is 5.56 Å². The van der Waals surface area contributed by atoms with Crippen LogP contribution in [-0.2, 0) is 21.2 Å². The maximum absolute atomic E-state index is 11.8. The van der Waals surface area contributed by atoms with E-state index in [2.05, 4.69) is 10.0 Å². The SMILES string of the molecule is CNC(=O)CNS(=O)(=O)c1ccc(CC#N)cc1. The zero-order valence-electron chi connectivity index (χ0n) is 9.80. The standard InChI is InChI=1S/C11H13N3O3S/c1-13-11(15)8-14-18(16,17)10-4-2-9(3-5-10)6-7-12/h2-5,14H,6,8H2,1H3,(H,13,15). The van der Waals surface area contributed by atoms with Crippen LogP contribution in [0.2, 0.25) is 0 Å². The lowest BCUT2D eigenvalue weighted by atomic mass is 10.2. The maximum atomic E-state index is 11.8. The first-order valence-corrected chi connectivity index (χ1v) is 6.64. The predicted octanol–water partition coefficient (Wildman–Crippen LogP) is -0.223. The quantitative estimate of drug-likeness (QED) is 0.770. The van der Waals surface area contributed by atoms with Crippen LogP contribution in [0.4, 0.5) is 0 Å². The van der Waals surface area contributed by atoms with Gasteiger partial charge >= 0.3 is 0 Å². The molecule has 0 saturated heterocycles. The minimum absolute atomic E-state index is 0.0630. The predicted molar refractivity (Wildman–Crippen MR) is 65.0 cm³/mol. The molecule has 0 radical (unpaired) electrons. The average Bonchev–Trinajstić information content (AvgIpc) is 2.37. The third-order valence-electron chi connectivity index (χ3n) is 2.22. The van der Waals surface area contributed by atoms with E-state index in [0.29, 0.717) is 0 Å². The highest BCUT2D eigenvalue weighted by atomic mass is 32.2. The molecule has 1 amide bonds. The normalized spacial score (nSPS) is 10.7. The van der Waals surface area contributed by atoms with Crippen molar-refractivity contribution >= 4 is 15.9 Å². The molecule has 0 aliphatic rings. The first-order valence-electron chi connectivity index (χ1n) is 5.15. The van der Waals surface area contributed by atoms with Gasteiger partial charge in [0.25, 0.3) is 0 Å². The number of sulfonamides is 1. The average molecular weight is 267 g/mol. The molecule has 1 aromatic rings. The van der Waals surface area contributed by atoms with Gasteiger partial charge in [-0.05, 0) is 17.7 Å². The molecule has 0 saturated carbocycles. The van der Waals surface area contributed by atoms with Gasteiger partial charge in [-0.2, -0.15) is 5.26 Å². The van der Waals surface area contributed by atoms with Crippen molar-refractivity contribution in [1.82, 2.24) is 10.0 Å². The van der Waals surface area contributed by atoms with E-state index < -0.39 is 15.9 Å². The van der Waals surface area contributed by atoms with Gasteiger partial charge in [0, 0.05) is 7.05 Å². The van der Waals surface area contributed by atoms with Crippen molar-refractivity contribution in [2.45, 2.75) is 11.3 Å². The monoisotopic (exact) mass is 267 g/mol. The highest BCUT2D eigenvalue weighted by molar-refractivity contribution is 7.89. The van der Waals surface area contributed by atoms with E-state index in [4.69, 9.17) is 5.26 Å². The lowest BCUT2D eigenvalue weighted by Crippen LogP contribution is -2.35. The van der Waals surface area contributed by atoms with Gasteiger partial charge in [-0.25, -0.2) is 13.1 Å². The molecule has 2 N–H and O–H groups in total. The number of hydrogen-bond acceptors (Lipinski definition) is 4. The third kappa shape index (κ3) is 3.84. The number of hydrogen-bond donors (Lipinski definition) is 2. The number of likely N-dealkylation sites (N-methyl/N-ethyl adjacent to an activating group) is 1. The second-order valence-corrected chi connectivity index (χ2v) is 5.24. The fourth-order valence-electron chi connectivity index (χ4n) is 1.21. The number of nitriles is 1. The van der Waals surface area contributed by atoms with Gasteiger partial charge in [0.05, 0.1) is 23.9 Å². The Hall–Kier alpha value is -1.91. The molecule has 0 bridgehead atoms. The summed E-state index contributed by atoms with van der Waals surface area (Å²) in [5, 5.41) is 10.8. The molecule has 18 heavy (non-hydrogen) atoms. The first-order chi connectivity index (χ1) is 8.49. The Morgan fingerprint density at radius 3 is 2.44 bits per heavy atom. The molecule has 1 rings (SSSR count). The van der Waals surface area contributed by atoms with Crippen molar-refractivity contribution in [3.63, 3.8) is 0 Å². The van der Waals surface area contributed by atoms with E-state index in [1.54, 1.807) is 12.1 Å². The second-order valence-electron chi connectivity index (χ2n) is 3.48. The molecule has 0 aliphatic heterocycles. The van der Waals surface area contributed by atoms with Crippen molar-refractivity contribution < 1.29 is 13.2 Å². The summed E-state index contributed by atoms with van der Waals surface area (Å²) >= 11 is 0. The summed E-state index contributed by atoms with van der Waals surface area (Å²) in [5.41, 5.74) is 0.739. The van der Waals surface area contributed by atoms with E-state index in [1.165, 1.54) is 19.2 Å². The molecule has 0 heterocycles. The maximum Gasteiger partial charge on any atom is 0.241 e. The fraction of sp³-hybridized carbons (Fsp3) is 0.273. The van der Waals surface area contributed by atoms with Crippen LogP contribution >= 0.6 is 0 Å². The Balaban J connectivity index is 2.79. The lowest BCUT2D eigenvalue weighted by molar-refractivity contribution is -0.119. The van der Waals surface area contributed by atoms with Crippen LogP contribution in [0.25, 0.3) is 0 Å². The highest BCUT2D eigenvalue weighted by Gasteiger charge is 2.14. The van der Waals surface area contributed by atoms with Crippen LogP contribution < -0.4 is 10.0 Å². The zero-order chi connectivity index (χ0) is 13.6. The molecular weight excluding hydrogens is 254 g/mol. The van der Waals surface area contributed by atoms with Crippen LogP contribution in [-0.4, -0.2) is 27.9 Å². The summed E-state index contributed by atoms with van der Waals surface area (Å²) in [5.74, 6) is -0.417. The molecule has 7 heteroatoms. The molecule has 0 aliphatic carbocycles. The molecular formula is C11H13N3O3S. The largest absolute Gasteiger partial charge is 0.358 e. The Kier molecular flexibility index (Phi) is 4.83. The Bertz CT molecular complexity index is 558. The number of benzene rings is 1. The van der Waals surface area contributed by atoms with Crippen molar-refractivity contribution in [3.05, 3.63) is 29.8 Å². The van der Waals surface area contributed by atoms with Crippen molar-refractivity contribution in [1.29, 1.82) is 5.26 Å². The molecule has 0 spiro atoms. The topological polar surface area (TPSA) is 99.1 Å². The Morgan fingerprint density at radius 1 is 1.33 bits per heavy atom. The smallest absolute Gasteiger partial charge is 0.241 e. The molecule has 0 unspecified atom stereocenters. The lowest BCUT2D eigenvalue weighted by Gasteiger charge is -2.06. The Labute approximate surface area is 106 Å². The second kappa shape index (κ2) is 6.14. The fourth-order valence-corrected chi connectivity index (χ4v) is 2.19. The number of amides is 1. The highest BCUT2D eigenvalue weighted by Crippen LogP contribution is 2.10. The van der Waals surface area contributed by atoms with E-state index in [-0.39, 0.29) is 17.9 Å². The van der Waals surface area contributed by atoms with Crippen molar-refractivity contribution in [3.8, 4) is 6.07 Å². The molecule has 6 nitrogen and oxygen atoms in total. The Morgan fingerprint density at radius 2 is 1.94 bits per heavy atom. The van der Waals surface area contributed by atoms with Gasteiger partial charge in [0.15, 0.2) is 0 Å². The molecule has 0 atom stereocenters. The molecule has 96 valence electrons. The molecule has 0 aromatic heterocycles. The van der Waals surface area contributed by atoms with Crippen LogP contribution in [0.1, 0.15) is 5.56 Å². The summed E-state index contributed by atoms with van der Waals surface area (Å²) < 4.78 is 25.7. The summed E-state index contributed by atoms with van der Waals surface area (Å²) in [6.07, 6.45) is 0.228. The van der Waals surface area contributed by atoms with Crippen LogP contribution in [0.5, 0.6) is 0 Å². The van der Waals surface area contributed by atoms with Gasteiger partial charge in [0.2, 0.25) is 15.9 Å². The van der Waals surface area contributed by atoms with Crippen LogP contribution in [0, 0.1) is 11.3 Å². The first kappa shape index (κ1) is 14.2. The van der Waals surface area contributed by atoms with E-state index in [9.17, 15) is 13.2 Å². The number of rotatable bonds is 5. The molecule has 0 fully saturated rings. The van der Waals surface area contributed by atoms with Crippen molar-refractivity contribution in [2.75, 3.05) is 13.6 Å². The summed E-state index contributed by atoms with van der Waals surface area (Å²) in [6.45, 7) is -0.307.